The summed E-state index contributed by atoms with van der Waals surface area (Å²) in [5.41, 5.74) is 10.4. The van der Waals surface area contributed by atoms with Crippen LogP contribution in [0.15, 0.2) is 157 Å². The normalized spacial score (nSPS) is 19.7. The first kappa shape index (κ1) is 41.5. The van der Waals surface area contributed by atoms with Crippen LogP contribution in [0.4, 0.5) is 0 Å². The minimum absolute atomic E-state index is 0.234. The van der Waals surface area contributed by atoms with Crippen LogP contribution in [-0.2, 0) is 59.9 Å². The van der Waals surface area contributed by atoms with Gasteiger partial charge in [0.15, 0.2) is 0 Å². The fraction of sp³-hybridized carbons (Fsp3) is 0.333. The van der Waals surface area contributed by atoms with Gasteiger partial charge in [0, 0.05) is 18.2 Å². The van der Waals surface area contributed by atoms with Crippen molar-refractivity contribution in [2.45, 2.75) is 87.3 Å². The standard InChI is InChI=1S/C48H54N2O7S/c49-30-16-5-17-31-53-36-45-47(55-34-38-20-8-2-9-21-38)48(56-35-39-22-10-3-11-23-39)46(54-33-37-18-6-1-7-19-37)44(57-45)29-28-40-32-50(43-27-15-14-26-42(40)43)58(51,52)41-24-12-4-13-25-41/h1-4,6-15,18-27,32,44-48H,5,16-17,28-31,33-36,49H2/t44-,45+,46-,47+,48+/m1/s1. The third kappa shape index (κ3) is 10.7. The Morgan fingerprint density at radius 2 is 1.10 bits per heavy atom. The summed E-state index contributed by atoms with van der Waals surface area (Å²) < 4.78 is 63.4. The lowest BCUT2D eigenvalue weighted by atomic mass is 9.90. The van der Waals surface area contributed by atoms with Crippen LogP contribution in [0, 0.1) is 0 Å². The van der Waals surface area contributed by atoms with Crippen molar-refractivity contribution in [1.82, 2.24) is 3.97 Å². The largest absolute Gasteiger partial charge is 0.379 e. The molecule has 10 heteroatoms. The Hall–Kier alpha value is -4.65. The molecule has 58 heavy (non-hydrogen) atoms. The first-order valence-corrected chi connectivity index (χ1v) is 21.7. The number of para-hydroxylation sites is 1. The molecule has 5 atom stereocenters. The lowest BCUT2D eigenvalue weighted by Gasteiger charge is -2.46. The molecule has 0 aliphatic carbocycles. The lowest BCUT2D eigenvalue weighted by molar-refractivity contribution is -0.273. The van der Waals surface area contributed by atoms with Crippen LogP contribution >= 0.6 is 0 Å². The van der Waals surface area contributed by atoms with E-state index in [0.717, 1.165) is 46.9 Å². The summed E-state index contributed by atoms with van der Waals surface area (Å²) >= 11 is 0. The first-order valence-electron chi connectivity index (χ1n) is 20.3. The van der Waals surface area contributed by atoms with Gasteiger partial charge in [-0.1, -0.05) is 127 Å². The maximum absolute atomic E-state index is 14.0. The molecule has 1 aliphatic rings. The van der Waals surface area contributed by atoms with Crippen LogP contribution in [0.25, 0.3) is 10.9 Å². The Labute approximate surface area is 342 Å². The zero-order valence-corrected chi connectivity index (χ0v) is 33.7. The number of rotatable bonds is 21. The van der Waals surface area contributed by atoms with Gasteiger partial charge in [-0.25, -0.2) is 12.4 Å². The van der Waals surface area contributed by atoms with E-state index in [1.54, 1.807) is 30.5 Å². The quantitative estimate of drug-likeness (QED) is 0.0722. The third-order valence-electron chi connectivity index (χ3n) is 10.6. The van der Waals surface area contributed by atoms with Gasteiger partial charge < -0.3 is 29.4 Å². The van der Waals surface area contributed by atoms with Crippen molar-refractivity contribution in [2.24, 2.45) is 5.73 Å². The number of ether oxygens (including phenoxy) is 5. The van der Waals surface area contributed by atoms with Crippen molar-refractivity contribution < 1.29 is 32.1 Å². The summed E-state index contributed by atoms with van der Waals surface area (Å²) in [6, 6.07) is 46.5. The smallest absolute Gasteiger partial charge is 0.268 e. The van der Waals surface area contributed by atoms with Crippen LogP contribution in [0.2, 0.25) is 0 Å². The van der Waals surface area contributed by atoms with E-state index >= 15 is 0 Å². The number of hydrogen-bond donors (Lipinski definition) is 1. The number of nitrogens with zero attached hydrogens (tertiary/aromatic N) is 1. The second-order valence-electron chi connectivity index (χ2n) is 14.7. The van der Waals surface area contributed by atoms with Crippen molar-refractivity contribution in [3.8, 4) is 0 Å². The van der Waals surface area contributed by atoms with Crippen LogP contribution in [0.5, 0.6) is 0 Å². The molecule has 0 radical (unpaired) electrons. The molecule has 6 aromatic rings. The predicted molar refractivity (Wildman–Crippen MR) is 227 cm³/mol. The molecule has 1 saturated heterocycles. The highest BCUT2D eigenvalue weighted by Crippen LogP contribution is 2.34. The highest BCUT2D eigenvalue weighted by atomic mass is 32.2. The Kier molecular flexibility index (Phi) is 14.9. The van der Waals surface area contributed by atoms with Gasteiger partial charge in [0.05, 0.1) is 42.9 Å². The summed E-state index contributed by atoms with van der Waals surface area (Å²) in [6.45, 7) is 2.60. The number of nitrogens with two attached hydrogens (primary N) is 1. The van der Waals surface area contributed by atoms with Gasteiger partial charge in [-0.2, -0.15) is 0 Å². The van der Waals surface area contributed by atoms with E-state index in [0.29, 0.717) is 57.9 Å². The number of aryl methyl sites for hydroxylation is 1. The van der Waals surface area contributed by atoms with Crippen molar-refractivity contribution in [3.05, 3.63) is 174 Å². The molecule has 2 N–H and O–H groups in total. The second-order valence-corrected chi connectivity index (χ2v) is 16.6. The number of unbranched alkanes of at least 4 members (excludes halogenated alkanes) is 2. The zero-order valence-electron chi connectivity index (χ0n) is 32.9. The molecule has 0 saturated carbocycles. The fourth-order valence-corrected chi connectivity index (χ4v) is 9.01. The van der Waals surface area contributed by atoms with Crippen molar-refractivity contribution in [2.75, 3.05) is 19.8 Å². The molecule has 0 amide bonds. The van der Waals surface area contributed by atoms with E-state index in [1.807, 2.05) is 109 Å². The minimum atomic E-state index is -3.84. The van der Waals surface area contributed by atoms with Crippen molar-refractivity contribution in [3.63, 3.8) is 0 Å². The Balaban J connectivity index is 1.22. The monoisotopic (exact) mass is 802 g/mol. The molecule has 1 fully saturated rings. The van der Waals surface area contributed by atoms with Crippen LogP contribution < -0.4 is 5.73 Å². The maximum Gasteiger partial charge on any atom is 0.268 e. The molecule has 0 bridgehead atoms. The fourth-order valence-electron chi connectivity index (χ4n) is 7.59. The van der Waals surface area contributed by atoms with E-state index < -0.39 is 40.5 Å². The SMILES string of the molecule is NCCCCCOC[C@@H]1O[C@H](CCc2cn(S(=O)(=O)c3ccccc3)c3ccccc23)[C@@H](OCc2ccccc2)[C@H](OCc2ccccc2)[C@H]1OCc1ccccc1. The van der Waals surface area contributed by atoms with Gasteiger partial charge in [0.1, 0.15) is 24.4 Å². The highest BCUT2D eigenvalue weighted by molar-refractivity contribution is 7.90. The van der Waals surface area contributed by atoms with Crippen molar-refractivity contribution in [1.29, 1.82) is 0 Å². The van der Waals surface area contributed by atoms with Crippen LogP contribution in [0.1, 0.15) is 47.9 Å². The predicted octanol–water partition coefficient (Wildman–Crippen LogP) is 8.48. The van der Waals surface area contributed by atoms with E-state index in [4.69, 9.17) is 29.4 Å². The second kappa shape index (κ2) is 20.9. The van der Waals surface area contributed by atoms with Crippen molar-refractivity contribution >= 4 is 20.9 Å². The average Bonchev–Trinajstić information content (AvgIpc) is 3.66. The third-order valence-corrected chi connectivity index (χ3v) is 12.3. The topological polar surface area (TPSA) is 111 Å². The minimum Gasteiger partial charge on any atom is -0.379 e. The molecule has 2 heterocycles. The first-order chi connectivity index (χ1) is 28.5. The van der Waals surface area contributed by atoms with E-state index in [2.05, 4.69) is 12.1 Å². The van der Waals surface area contributed by atoms with Gasteiger partial charge >= 0.3 is 0 Å². The summed E-state index contributed by atoms with van der Waals surface area (Å²) in [7, 11) is -3.84. The Bertz CT molecular complexity index is 2220. The van der Waals surface area contributed by atoms with Gasteiger partial charge in [-0.05, 0) is 79.1 Å². The number of fused-ring (bicyclic) bond motifs is 1. The Morgan fingerprint density at radius 1 is 0.586 bits per heavy atom. The lowest BCUT2D eigenvalue weighted by Crippen LogP contribution is -2.61. The number of aromatic nitrogens is 1. The molecule has 304 valence electrons. The van der Waals surface area contributed by atoms with Gasteiger partial charge in [0.2, 0.25) is 0 Å². The molecule has 1 aromatic heterocycles. The molecule has 7 rings (SSSR count). The van der Waals surface area contributed by atoms with Gasteiger partial charge in [0.25, 0.3) is 10.0 Å². The average molecular weight is 803 g/mol. The van der Waals surface area contributed by atoms with Gasteiger partial charge in [-0.3, -0.25) is 0 Å². The number of hydrogen-bond acceptors (Lipinski definition) is 8. The molecule has 1 aliphatic heterocycles. The zero-order chi connectivity index (χ0) is 40.0. The molecular formula is C48H54N2O7S. The van der Waals surface area contributed by atoms with E-state index in [9.17, 15) is 8.42 Å². The van der Waals surface area contributed by atoms with Gasteiger partial charge in [-0.15, -0.1) is 0 Å². The molecule has 5 aromatic carbocycles. The van der Waals surface area contributed by atoms with E-state index in [1.165, 1.54) is 3.97 Å². The Morgan fingerprint density at radius 3 is 1.69 bits per heavy atom. The molecule has 0 spiro atoms. The molecule has 9 nitrogen and oxygen atoms in total. The number of benzene rings is 5. The highest BCUT2D eigenvalue weighted by Gasteiger charge is 2.48. The summed E-state index contributed by atoms with van der Waals surface area (Å²) in [5.74, 6) is 0. The molecular weight excluding hydrogens is 749 g/mol. The van der Waals surface area contributed by atoms with Crippen LogP contribution in [-0.4, -0.2) is 62.7 Å². The summed E-state index contributed by atoms with van der Waals surface area (Å²) in [5, 5.41) is 0.873. The summed E-state index contributed by atoms with van der Waals surface area (Å²) in [4.78, 5) is 0.234. The maximum atomic E-state index is 14.0. The van der Waals surface area contributed by atoms with E-state index in [-0.39, 0.29) is 4.90 Å². The van der Waals surface area contributed by atoms with Crippen LogP contribution in [0.3, 0.4) is 0 Å². The summed E-state index contributed by atoms with van der Waals surface area (Å²) in [6.07, 6.45) is 3.15. The molecule has 0 unspecified atom stereocenters.